The van der Waals surface area contributed by atoms with Gasteiger partial charge in [0, 0.05) is 12.3 Å². The van der Waals surface area contributed by atoms with Crippen LogP contribution in [0.3, 0.4) is 0 Å². The zero-order chi connectivity index (χ0) is 20.5. The number of ketones is 1. The number of carbonyl (C=O) groups excluding carboxylic acids is 1. The topological polar surface area (TPSA) is 57.6 Å². The number of Topliss-reactive ketones (excluding diaryl/α,β-unsaturated/α-hetero) is 1. The van der Waals surface area contributed by atoms with E-state index >= 15 is 0 Å². The minimum atomic E-state index is -0.841. The first-order valence-corrected chi connectivity index (χ1v) is 10.9. The maximum absolute atomic E-state index is 12.7. The van der Waals surface area contributed by atoms with Crippen molar-refractivity contribution in [3.63, 3.8) is 0 Å². The van der Waals surface area contributed by atoms with Gasteiger partial charge in [-0.2, -0.15) is 0 Å². The van der Waals surface area contributed by atoms with Crippen molar-refractivity contribution >= 4 is 11.8 Å². The summed E-state index contributed by atoms with van der Waals surface area (Å²) in [5.41, 5.74) is 2.26. The number of carbonyl (C=O) groups is 2. The van der Waals surface area contributed by atoms with Gasteiger partial charge in [-0.1, -0.05) is 51.5 Å². The number of carboxylic acid groups (broad SMARTS) is 1. The number of benzene rings is 1. The highest BCUT2D eigenvalue weighted by Crippen LogP contribution is 2.23. The Balaban J connectivity index is 1.85. The van der Waals surface area contributed by atoms with Gasteiger partial charge in [-0.05, 0) is 68.8 Å². The van der Waals surface area contributed by atoms with E-state index in [9.17, 15) is 14.7 Å². The monoisotopic (exact) mass is 387 g/mol. The third-order valence-electron chi connectivity index (χ3n) is 5.88. The number of hydrogen-bond donors (Lipinski definition) is 1. The fraction of sp³-hybridized carbons (Fsp3) is 0.667. The number of likely N-dealkylation sites (tertiary alicyclic amines) is 1. The molecule has 2 atom stereocenters. The van der Waals surface area contributed by atoms with E-state index in [0.717, 1.165) is 38.0 Å². The third kappa shape index (κ3) is 7.38. The van der Waals surface area contributed by atoms with Crippen LogP contribution >= 0.6 is 0 Å². The molecule has 1 aromatic rings. The number of nitrogens with zero attached hydrogens (tertiary/aromatic N) is 1. The van der Waals surface area contributed by atoms with E-state index < -0.39 is 11.9 Å². The lowest BCUT2D eigenvalue weighted by Crippen LogP contribution is -2.31. The van der Waals surface area contributed by atoms with E-state index in [4.69, 9.17) is 0 Å². The molecule has 1 heterocycles. The van der Waals surface area contributed by atoms with Crippen molar-refractivity contribution in [2.24, 2.45) is 11.8 Å². The largest absolute Gasteiger partial charge is 0.481 e. The minimum absolute atomic E-state index is 0.0296. The lowest BCUT2D eigenvalue weighted by molar-refractivity contribution is -0.144. The van der Waals surface area contributed by atoms with E-state index in [2.05, 4.69) is 30.9 Å². The Morgan fingerprint density at radius 2 is 1.68 bits per heavy atom. The first kappa shape index (κ1) is 22.6. The molecule has 28 heavy (non-hydrogen) atoms. The van der Waals surface area contributed by atoms with Gasteiger partial charge in [0.15, 0.2) is 0 Å². The van der Waals surface area contributed by atoms with Crippen LogP contribution in [0.4, 0.5) is 0 Å². The second-order valence-corrected chi connectivity index (χ2v) is 8.81. The summed E-state index contributed by atoms with van der Waals surface area (Å²) >= 11 is 0. The minimum Gasteiger partial charge on any atom is -0.481 e. The number of hydrogen-bond acceptors (Lipinski definition) is 3. The summed E-state index contributed by atoms with van der Waals surface area (Å²) in [7, 11) is 0. The quantitative estimate of drug-likeness (QED) is 0.586. The molecule has 1 aliphatic rings. The molecule has 1 N–H and O–H groups in total. The molecule has 0 radical (unpaired) electrons. The summed E-state index contributed by atoms with van der Waals surface area (Å²) in [6, 6.07) is 8.22. The average molecular weight is 388 g/mol. The molecule has 1 aliphatic heterocycles. The molecule has 0 aliphatic carbocycles. The summed E-state index contributed by atoms with van der Waals surface area (Å²) in [5, 5.41) is 9.57. The van der Waals surface area contributed by atoms with E-state index in [0.29, 0.717) is 12.3 Å². The predicted molar refractivity (Wildman–Crippen MR) is 114 cm³/mol. The molecular weight excluding hydrogens is 350 g/mol. The van der Waals surface area contributed by atoms with Crippen LogP contribution in [-0.4, -0.2) is 41.4 Å². The van der Waals surface area contributed by atoms with Crippen molar-refractivity contribution in [2.45, 2.75) is 71.6 Å². The lowest BCUT2D eigenvalue weighted by atomic mass is 9.88. The molecule has 156 valence electrons. The Labute approximate surface area is 170 Å². The van der Waals surface area contributed by atoms with Crippen molar-refractivity contribution in [3.05, 3.63) is 35.4 Å². The Morgan fingerprint density at radius 1 is 1.04 bits per heavy atom. The number of carboxylic acids is 1. The summed E-state index contributed by atoms with van der Waals surface area (Å²) < 4.78 is 0. The molecule has 0 saturated carbocycles. The molecule has 0 spiro atoms. The molecule has 1 saturated heterocycles. The number of aliphatic carboxylic acids is 1. The molecule has 4 nitrogen and oxygen atoms in total. The second-order valence-electron chi connectivity index (χ2n) is 8.81. The van der Waals surface area contributed by atoms with E-state index in [1.807, 2.05) is 19.1 Å². The van der Waals surface area contributed by atoms with Crippen molar-refractivity contribution in [3.8, 4) is 0 Å². The fourth-order valence-electron chi connectivity index (χ4n) is 4.08. The molecule has 0 amide bonds. The highest BCUT2D eigenvalue weighted by atomic mass is 16.4. The zero-order valence-electron chi connectivity index (χ0n) is 17.8. The van der Waals surface area contributed by atoms with Gasteiger partial charge in [0.25, 0.3) is 0 Å². The van der Waals surface area contributed by atoms with Gasteiger partial charge in [0.05, 0.1) is 5.92 Å². The normalized spacial score (nSPS) is 17.4. The lowest BCUT2D eigenvalue weighted by Gasteiger charge is -2.26. The molecular formula is C24H37NO3. The Kier molecular flexibility index (Phi) is 9.17. The zero-order valence-corrected chi connectivity index (χ0v) is 17.8. The van der Waals surface area contributed by atoms with Crippen LogP contribution in [0.15, 0.2) is 24.3 Å². The van der Waals surface area contributed by atoms with Crippen molar-refractivity contribution in [1.29, 1.82) is 0 Å². The van der Waals surface area contributed by atoms with E-state index in [-0.39, 0.29) is 18.1 Å². The SMILES string of the molecule is CC(C)Cc1ccc([C@@H](C)C(=O)C[C@@H](CCCN2CCCCC2)C(=O)O)cc1. The number of rotatable bonds is 11. The summed E-state index contributed by atoms with van der Waals surface area (Å²) in [6.45, 7) is 9.48. The predicted octanol–water partition coefficient (Wildman–Crippen LogP) is 4.91. The van der Waals surface area contributed by atoms with Crippen LogP contribution in [0.2, 0.25) is 0 Å². The van der Waals surface area contributed by atoms with Gasteiger partial charge in [-0.25, -0.2) is 0 Å². The van der Waals surface area contributed by atoms with Crippen LogP contribution in [0, 0.1) is 11.8 Å². The first-order chi connectivity index (χ1) is 13.4. The van der Waals surface area contributed by atoms with Crippen LogP contribution < -0.4 is 0 Å². The second kappa shape index (κ2) is 11.4. The van der Waals surface area contributed by atoms with Gasteiger partial charge < -0.3 is 10.0 Å². The maximum atomic E-state index is 12.7. The van der Waals surface area contributed by atoms with Gasteiger partial charge in [-0.15, -0.1) is 0 Å². The Bertz CT molecular complexity index is 617. The molecule has 1 fully saturated rings. The molecule has 4 heteroatoms. The fourth-order valence-corrected chi connectivity index (χ4v) is 4.08. The van der Waals surface area contributed by atoms with Crippen molar-refractivity contribution < 1.29 is 14.7 Å². The summed E-state index contributed by atoms with van der Waals surface area (Å²) in [4.78, 5) is 26.8. The van der Waals surface area contributed by atoms with Crippen molar-refractivity contribution in [1.82, 2.24) is 4.90 Å². The third-order valence-corrected chi connectivity index (χ3v) is 5.88. The summed E-state index contributed by atoms with van der Waals surface area (Å²) in [5.74, 6) is -1.03. The van der Waals surface area contributed by atoms with Crippen LogP contribution in [0.5, 0.6) is 0 Å². The highest BCUT2D eigenvalue weighted by Gasteiger charge is 2.25. The molecule has 0 bridgehead atoms. The van der Waals surface area contributed by atoms with E-state index in [1.165, 1.54) is 24.8 Å². The first-order valence-electron chi connectivity index (χ1n) is 10.9. The summed E-state index contributed by atoms with van der Waals surface area (Å²) in [6.07, 6.45) is 6.38. The average Bonchev–Trinajstić information content (AvgIpc) is 2.67. The van der Waals surface area contributed by atoms with Gasteiger partial charge in [-0.3, -0.25) is 9.59 Å². The highest BCUT2D eigenvalue weighted by molar-refractivity contribution is 5.88. The van der Waals surface area contributed by atoms with Crippen molar-refractivity contribution in [2.75, 3.05) is 19.6 Å². The molecule has 2 rings (SSSR count). The van der Waals surface area contributed by atoms with Crippen LogP contribution in [0.25, 0.3) is 0 Å². The maximum Gasteiger partial charge on any atom is 0.306 e. The Hall–Kier alpha value is -1.68. The van der Waals surface area contributed by atoms with Gasteiger partial charge in [0.2, 0.25) is 0 Å². The number of piperidine rings is 1. The van der Waals surface area contributed by atoms with E-state index in [1.54, 1.807) is 0 Å². The smallest absolute Gasteiger partial charge is 0.306 e. The van der Waals surface area contributed by atoms with Gasteiger partial charge >= 0.3 is 5.97 Å². The van der Waals surface area contributed by atoms with Crippen LogP contribution in [0.1, 0.15) is 76.3 Å². The molecule has 1 aromatic carbocycles. The van der Waals surface area contributed by atoms with Gasteiger partial charge in [0.1, 0.15) is 5.78 Å². The standard InChI is InChI=1S/C24H37NO3/c1-18(2)16-20-9-11-21(12-10-20)19(3)23(26)17-22(24(27)28)8-7-15-25-13-5-4-6-14-25/h9-12,18-19,22H,4-8,13-17H2,1-3H3,(H,27,28)/t19-,22-/m1/s1. The van der Waals surface area contributed by atoms with Crippen LogP contribution in [-0.2, 0) is 16.0 Å². The molecule has 0 aromatic heterocycles. The molecule has 0 unspecified atom stereocenters. The Morgan fingerprint density at radius 3 is 2.25 bits per heavy atom.